The second-order valence-electron chi connectivity index (χ2n) is 9.94. The minimum atomic E-state index is -0.0553. The molecule has 7 nitrogen and oxygen atoms in total. The molecule has 0 saturated carbocycles. The third-order valence-corrected chi connectivity index (χ3v) is 7.97. The maximum absolute atomic E-state index is 12.6. The van der Waals surface area contributed by atoms with Gasteiger partial charge in [-0.25, -0.2) is 0 Å². The summed E-state index contributed by atoms with van der Waals surface area (Å²) < 4.78 is 13.4. The van der Waals surface area contributed by atoms with E-state index in [-0.39, 0.29) is 5.56 Å². The number of nitrogens with one attached hydrogen (secondary N) is 1. The first-order valence-electron chi connectivity index (χ1n) is 12.7. The van der Waals surface area contributed by atoms with Gasteiger partial charge in [0.1, 0.15) is 11.5 Å². The third kappa shape index (κ3) is 4.80. The van der Waals surface area contributed by atoms with Crippen molar-refractivity contribution in [3.63, 3.8) is 0 Å². The highest BCUT2D eigenvalue weighted by atomic mass is 16.5. The first-order valence-corrected chi connectivity index (χ1v) is 12.7. The molecule has 5 rings (SSSR count). The monoisotopic (exact) mass is 476 g/mol. The van der Waals surface area contributed by atoms with Crippen LogP contribution in [0.2, 0.25) is 0 Å². The lowest BCUT2D eigenvalue weighted by Gasteiger charge is -2.38. The van der Waals surface area contributed by atoms with E-state index < -0.39 is 0 Å². The predicted molar refractivity (Wildman–Crippen MR) is 139 cm³/mol. The van der Waals surface area contributed by atoms with Crippen molar-refractivity contribution in [1.29, 1.82) is 0 Å². The number of aryl methyl sites for hydroxylation is 1. The van der Waals surface area contributed by atoms with Crippen molar-refractivity contribution < 1.29 is 9.47 Å². The van der Waals surface area contributed by atoms with Crippen LogP contribution in [0.15, 0.2) is 41.6 Å². The lowest BCUT2D eigenvalue weighted by Crippen LogP contribution is -2.39. The van der Waals surface area contributed by atoms with Crippen LogP contribution in [-0.4, -0.2) is 54.8 Å². The highest BCUT2D eigenvalue weighted by Crippen LogP contribution is 2.39. The number of benzene rings is 1. The normalized spacial score (nSPS) is 18.1. The number of hydrogen-bond donors (Lipinski definition) is 1. The molecule has 7 heteroatoms. The van der Waals surface area contributed by atoms with Gasteiger partial charge >= 0.3 is 0 Å². The molecule has 0 aliphatic carbocycles. The van der Waals surface area contributed by atoms with Crippen LogP contribution in [0, 0.1) is 11.8 Å². The van der Waals surface area contributed by atoms with Crippen molar-refractivity contribution in [2.45, 2.75) is 32.2 Å². The Hall–Kier alpha value is -2.90. The summed E-state index contributed by atoms with van der Waals surface area (Å²) in [6, 6.07) is 6.03. The Kier molecular flexibility index (Phi) is 7.07. The molecule has 2 saturated heterocycles. The Balaban J connectivity index is 1.42. The molecular weight excluding hydrogens is 440 g/mol. The molecule has 0 unspecified atom stereocenters. The molecule has 0 bridgehead atoms. The number of methoxy groups -OCH3 is 2. The summed E-state index contributed by atoms with van der Waals surface area (Å²) in [4.78, 5) is 19.3. The van der Waals surface area contributed by atoms with Crippen LogP contribution in [-0.2, 0) is 13.6 Å². The van der Waals surface area contributed by atoms with Crippen molar-refractivity contribution in [2.75, 3.05) is 40.4 Å². The van der Waals surface area contributed by atoms with E-state index in [1.165, 1.54) is 38.8 Å². The van der Waals surface area contributed by atoms with Crippen molar-refractivity contribution in [2.24, 2.45) is 18.9 Å². The van der Waals surface area contributed by atoms with Crippen molar-refractivity contribution in [1.82, 2.24) is 19.8 Å². The molecule has 2 aromatic heterocycles. The third-order valence-electron chi connectivity index (χ3n) is 7.97. The van der Waals surface area contributed by atoms with Gasteiger partial charge in [0.05, 0.1) is 25.2 Å². The van der Waals surface area contributed by atoms with Crippen LogP contribution in [0.3, 0.4) is 0 Å². The Morgan fingerprint density at radius 1 is 1.00 bits per heavy atom. The standard InChI is InChI=1S/C28H36N4O3/c1-31-17-24(22-6-11-30-16-23(22)28(31)33)21-14-26(34-2)25(27(15-21)35-3)18-32-12-7-20(8-13-32)19-4-9-29-10-5-19/h6,11,14-17,19-20,29H,4-5,7-10,12-13,18H2,1-3H3. The Morgan fingerprint density at radius 3 is 2.31 bits per heavy atom. The number of rotatable bonds is 6. The van der Waals surface area contributed by atoms with Gasteiger partial charge in [-0.15, -0.1) is 0 Å². The summed E-state index contributed by atoms with van der Waals surface area (Å²) in [5, 5.41) is 4.97. The van der Waals surface area contributed by atoms with E-state index in [1.807, 2.05) is 12.3 Å². The molecular formula is C28H36N4O3. The quantitative estimate of drug-likeness (QED) is 0.583. The van der Waals surface area contributed by atoms with Gasteiger partial charge in [-0.2, -0.15) is 0 Å². The molecule has 2 fully saturated rings. The molecule has 0 spiro atoms. The molecule has 0 atom stereocenters. The number of aromatic nitrogens is 2. The summed E-state index contributed by atoms with van der Waals surface area (Å²) in [6.07, 6.45) is 10.4. The number of fused-ring (bicyclic) bond motifs is 1. The molecule has 186 valence electrons. The lowest BCUT2D eigenvalue weighted by molar-refractivity contribution is 0.124. The summed E-state index contributed by atoms with van der Waals surface area (Å²) in [5.41, 5.74) is 2.93. The second-order valence-corrected chi connectivity index (χ2v) is 9.94. The number of likely N-dealkylation sites (tertiary alicyclic amines) is 1. The van der Waals surface area contributed by atoms with E-state index in [9.17, 15) is 4.79 Å². The van der Waals surface area contributed by atoms with Gasteiger partial charge in [0.25, 0.3) is 5.56 Å². The average Bonchev–Trinajstić information content (AvgIpc) is 2.91. The van der Waals surface area contributed by atoms with Crippen LogP contribution in [0.5, 0.6) is 11.5 Å². The molecule has 35 heavy (non-hydrogen) atoms. The molecule has 1 N–H and O–H groups in total. The summed E-state index contributed by atoms with van der Waals surface area (Å²) in [6.45, 7) is 5.38. The molecule has 3 aromatic rings. The molecule has 0 amide bonds. The van der Waals surface area contributed by atoms with Crippen molar-refractivity contribution in [3.05, 3.63) is 52.7 Å². The van der Waals surface area contributed by atoms with Gasteiger partial charge in [-0.05, 0) is 92.8 Å². The highest BCUT2D eigenvalue weighted by Gasteiger charge is 2.28. The Bertz CT molecular complexity index is 1220. The van der Waals surface area contributed by atoms with E-state index in [2.05, 4.69) is 27.3 Å². The van der Waals surface area contributed by atoms with Crippen molar-refractivity contribution >= 4 is 10.8 Å². The molecule has 1 aromatic carbocycles. The zero-order chi connectivity index (χ0) is 24.4. The largest absolute Gasteiger partial charge is 0.496 e. The number of piperidine rings is 2. The van der Waals surface area contributed by atoms with Crippen LogP contribution in [0.4, 0.5) is 0 Å². The minimum Gasteiger partial charge on any atom is -0.496 e. The van der Waals surface area contributed by atoms with Crippen molar-refractivity contribution in [3.8, 4) is 22.6 Å². The topological polar surface area (TPSA) is 68.6 Å². The number of ether oxygens (including phenoxy) is 2. The fourth-order valence-electron chi connectivity index (χ4n) is 5.96. The van der Waals surface area contributed by atoms with E-state index in [1.54, 1.807) is 38.2 Å². The van der Waals surface area contributed by atoms with E-state index in [0.29, 0.717) is 5.39 Å². The molecule has 4 heterocycles. The maximum atomic E-state index is 12.6. The summed E-state index contributed by atoms with van der Waals surface area (Å²) in [7, 11) is 5.21. The SMILES string of the molecule is COc1cc(-c2cn(C)c(=O)c3cnccc23)cc(OC)c1CN1CCC(C2CCNCC2)CC1. The van der Waals surface area contributed by atoms with Gasteiger partial charge < -0.3 is 19.4 Å². The zero-order valence-electron chi connectivity index (χ0n) is 21.0. The van der Waals surface area contributed by atoms with Gasteiger partial charge in [0.2, 0.25) is 0 Å². The summed E-state index contributed by atoms with van der Waals surface area (Å²) >= 11 is 0. The first kappa shape index (κ1) is 23.8. The fraction of sp³-hybridized carbons (Fsp3) is 0.500. The molecule has 2 aliphatic heterocycles. The van der Waals surface area contributed by atoms with Gasteiger partial charge in [0, 0.05) is 37.7 Å². The highest BCUT2D eigenvalue weighted by molar-refractivity contribution is 5.95. The molecule has 0 radical (unpaired) electrons. The maximum Gasteiger partial charge on any atom is 0.259 e. The van der Waals surface area contributed by atoms with Gasteiger partial charge in [-0.3, -0.25) is 14.7 Å². The number of hydrogen-bond acceptors (Lipinski definition) is 6. The Labute approximate surface area is 207 Å². The lowest BCUT2D eigenvalue weighted by atomic mass is 9.79. The minimum absolute atomic E-state index is 0.0553. The van der Waals surface area contributed by atoms with Crippen LogP contribution >= 0.6 is 0 Å². The van der Waals surface area contributed by atoms with Gasteiger partial charge in [-0.1, -0.05) is 0 Å². The van der Waals surface area contributed by atoms with Gasteiger partial charge in [0.15, 0.2) is 0 Å². The van der Waals surface area contributed by atoms with Crippen LogP contribution < -0.4 is 20.3 Å². The van der Waals surface area contributed by atoms with Crippen LogP contribution in [0.1, 0.15) is 31.2 Å². The van der Waals surface area contributed by atoms with E-state index >= 15 is 0 Å². The molecule has 2 aliphatic rings. The second kappa shape index (κ2) is 10.4. The summed E-state index contributed by atoms with van der Waals surface area (Å²) in [5.74, 6) is 3.37. The van der Waals surface area contributed by atoms with E-state index in [0.717, 1.165) is 65.0 Å². The predicted octanol–water partition coefficient (Wildman–Crippen LogP) is 3.83. The van der Waals surface area contributed by atoms with Crippen LogP contribution in [0.25, 0.3) is 21.9 Å². The first-order chi connectivity index (χ1) is 17.1. The zero-order valence-corrected chi connectivity index (χ0v) is 21.0. The fourth-order valence-corrected chi connectivity index (χ4v) is 5.96. The average molecular weight is 477 g/mol. The van der Waals surface area contributed by atoms with E-state index in [4.69, 9.17) is 9.47 Å². The smallest absolute Gasteiger partial charge is 0.259 e. The number of nitrogens with zero attached hydrogens (tertiary/aromatic N) is 3. The Morgan fingerprint density at radius 2 is 1.66 bits per heavy atom. The number of pyridine rings is 2.